The van der Waals surface area contributed by atoms with Gasteiger partial charge >= 0.3 is 0 Å². The quantitative estimate of drug-likeness (QED) is 0.871. The lowest BCUT2D eigenvalue weighted by Gasteiger charge is -2.36. The molecule has 1 saturated heterocycles. The molecule has 1 aromatic heterocycles. The van der Waals surface area contributed by atoms with Gasteiger partial charge in [0.1, 0.15) is 12.7 Å². The minimum Gasteiger partial charge on any atom is -0.300 e. The molecule has 2 heterocycles. The van der Waals surface area contributed by atoms with Crippen molar-refractivity contribution in [1.82, 2.24) is 19.7 Å². The average Bonchev–Trinajstić information content (AvgIpc) is 3.27. The van der Waals surface area contributed by atoms with Crippen molar-refractivity contribution in [2.75, 3.05) is 13.1 Å². The van der Waals surface area contributed by atoms with Gasteiger partial charge in [-0.15, -0.1) is 0 Å². The predicted molar refractivity (Wildman–Crippen MR) is 91.3 cm³/mol. The van der Waals surface area contributed by atoms with Gasteiger partial charge in [0, 0.05) is 19.1 Å². The fourth-order valence-electron chi connectivity index (χ4n) is 4.55. The van der Waals surface area contributed by atoms with Crippen LogP contribution in [0.2, 0.25) is 0 Å². The third-order valence-corrected chi connectivity index (χ3v) is 6.01. The zero-order valence-electron chi connectivity index (χ0n) is 13.9. The highest BCUT2D eigenvalue weighted by atomic mass is 15.3. The lowest BCUT2D eigenvalue weighted by Crippen LogP contribution is -2.41. The number of piperidine rings is 1. The Balaban J connectivity index is 1.38. The Morgan fingerprint density at radius 2 is 1.83 bits per heavy atom. The highest BCUT2D eigenvalue weighted by molar-refractivity contribution is 5.26. The minimum absolute atomic E-state index is 0.356. The Kier molecular flexibility index (Phi) is 3.93. The molecule has 0 bridgehead atoms. The van der Waals surface area contributed by atoms with E-state index in [-0.39, 0.29) is 0 Å². The molecule has 1 aliphatic carbocycles. The van der Waals surface area contributed by atoms with Crippen LogP contribution in [0.25, 0.3) is 0 Å². The van der Waals surface area contributed by atoms with Gasteiger partial charge in [0.25, 0.3) is 0 Å². The predicted octanol–water partition coefficient (Wildman–Crippen LogP) is 3.43. The van der Waals surface area contributed by atoms with Crippen molar-refractivity contribution in [2.24, 2.45) is 0 Å². The largest absolute Gasteiger partial charge is 0.300 e. The smallest absolute Gasteiger partial charge is 0.137 e. The molecule has 0 radical (unpaired) electrons. The SMILES string of the molecule is CC1(c2ccccc2)CCC(N2CCC(n3cncn3)CC2)C1. The second kappa shape index (κ2) is 6.08. The van der Waals surface area contributed by atoms with Gasteiger partial charge in [-0.05, 0) is 43.1 Å². The van der Waals surface area contributed by atoms with Crippen molar-refractivity contribution in [3.05, 3.63) is 48.5 Å². The molecular weight excluding hydrogens is 284 g/mol. The molecule has 1 aliphatic heterocycles. The van der Waals surface area contributed by atoms with E-state index in [0.29, 0.717) is 11.5 Å². The summed E-state index contributed by atoms with van der Waals surface area (Å²) in [6.07, 6.45) is 9.84. The molecule has 4 heteroatoms. The minimum atomic E-state index is 0.356. The molecule has 2 atom stereocenters. The molecule has 4 nitrogen and oxygen atoms in total. The summed E-state index contributed by atoms with van der Waals surface area (Å²) in [5.41, 5.74) is 1.87. The lowest BCUT2D eigenvalue weighted by atomic mass is 9.81. The molecule has 2 aliphatic rings. The maximum Gasteiger partial charge on any atom is 0.137 e. The Hall–Kier alpha value is -1.68. The van der Waals surface area contributed by atoms with Gasteiger partial charge in [0.05, 0.1) is 6.04 Å². The number of aromatic nitrogens is 3. The first-order valence-corrected chi connectivity index (χ1v) is 8.88. The number of benzene rings is 1. The number of likely N-dealkylation sites (tertiary alicyclic amines) is 1. The average molecular weight is 310 g/mol. The van der Waals surface area contributed by atoms with Crippen LogP contribution in [-0.4, -0.2) is 38.8 Å². The van der Waals surface area contributed by atoms with Gasteiger partial charge in [-0.3, -0.25) is 0 Å². The molecule has 4 rings (SSSR count). The van der Waals surface area contributed by atoms with Crippen molar-refractivity contribution in [3.63, 3.8) is 0 Å². The van der Waals surface area contributed by atoms with Crippen molar-refractivity contribution in [3.8, 4) is 0 Å². The van der Waals surface area contributed by atoms with E-state index in [2.05, 4.69) is 52.2 Å². The number of hydrogen-bond acceptors (Lipinski definition) is 3. The van der Waals surface area contributed by atoms with Crippen LogP contribution in [0.15, 0.2) is 43.0 Å². The summed E-state index contributed by atoms with van der Waals surface area (Å²) < 4.78 is 2.04. The highest BCUT2D eigenvalue weighted by Gasteiger charge is 2.39. The molecule has 23 heavy (non-hydrogen) atoms. The summed E-state index contributed by atoms with van der Waals surface area (Å²) in [5.74, 6) is 0. The fourth-order valence-corrected chi connectivity index (χ4v) is 4.55. The van der Waals surface area contributed by atoms with Crippen LogP contribution >= 0.6 is 0 Å². The summed E-state index contributed by atoms with van der Waals surface area (Å²) in [5, 5.41) is 4.31. The zero-order chi connectivity index (χ0) is 15.7. The number of hydrogen-bond donors (Lipinski definition) is 0. The van der Waals surface area contributed by atoms with Crippen LogP contribution in [0.3, 0.4) is 0 Å². The first kappa shape index (κ1) is 14.9. The van der Waals surface area contributed by atoms with Crippen molar-refractivity contribution in [2.45, 2.75) is 56.5 Å². The normalized spacial score (nSPS) is 29.9. The van der Waals surface area contributed by atoms with E-state index in [1.54, 1.807) is 6.33 Å². The number of nitrogens with zero attached hydrogens (tertiary/aromatic N) is 4. The van der Waals surface area contributed by atoms with E-state index >= 15 is 0 Å². The van der Waals surface area contributed by atoms with Crippen LogP contribution in [0, 0.1) is 0 Å². The fraction of sp³-hybridized carbons (Fsp3) is 0.579. The van der Waals surface area contributed by atoms with Gasteiger partial charge in [-0.25, -0.2) is 9.67 Å². The van der Waals surface area contributed by atoms with Crippen molar-refractivity contribution >= 4 is 0 Å². The third kappa shape index (κ3) is 2.92. The van der Waals surface area contributed by atoms with E-state index in [1.165, 1.54) is 50.8 Å². The van der Waals surface area contributed by atoms with Gasteiger partial charge in [0.2, 0.25) is 0 Å². The van der Waals surface area contributed by atoms with Crippen LogP contribution in [0.5, 0.6) is 0 Å². The van der Waals surface area contributed by atoms with E-state index in [4.69, 9.17) is 0 Å². The molecule has 2 unspecified atom stereocenters. The summed E-state index contributed by atoms with van der Waals surface area (Å²) in [6.45, 7) is 4.84. The third-order valence-electron chi connectivity index (χ3n) is 6.01. The standard InChI is InChI=1S/C19H26N4/c1-19(16-5-3-2-4-6-16)10-7-18(13-19)22-11-8-17(9-12-22)23-15-20-14-21-23/h2-6,14-15,17-18H,7-13H2,1H3. The molecule has 0 amide bonds. The molecular formula is C19H26N4. The maximum atomic E-state index is 4.31. The summed E-state index contributed by atoms with van der Waals surface area (Å²) in [7, 11) is 0. The molecule has 0 N–H and O–H groups in total. The van der Waals surface area contributed by atoms with Crippen molar-refractivity contribution < 1.29 is 0 Å². The van der Waals surface area contributed by atoms with Crippen LogP contribution in [-0.2, 0) is 5.41 Å². The van der Waals surface area contributed by atoms with Crippen LogP contribution in [0.4, 0.5) is 0 Å². The topological polar surface area (TPSA) is 34.0 Å². The van der Waals surface area contributed by atoms with E-state index in [9.17, 15) is 0 Å². The van der Waals surface area contributed by atoms with Gasteiger partial charge in [0.15, 0.2) is 0 Å². The Morgan fingerprint density at radius 1 is 1.04 bits per heavy atom. The summed E-state index contributed by atoms with van der Waals surface area (Å²) in [6, 6.07) is 12.4. The highest BCUT2D eigenvalue weighted by Crippen LogP contribution is 2.43. The molecule has 0 spiro atoms. The van der Waals surface area contributed by atoms with Gasteiger partial charge in [-0.1, -0.05) is 37.3 Å². The maximum absolute atomic E-state index is 4.31. The first-order chi connectivity index (χ1) is 11.2. The van der Waals surface area contributed by atoms with E-state index in [0.717, 1.165) is 6.04 Å². The van der Waals surface area contributed by atoms with E-state index in [1.807, 2.05) is 11.0 Å². The summed E-state index contributed by atoms with van der Waals surface area (Å²) >= 11 is 0. The van der Waals surface area contributed by atoms with Gasteiger partial charge < -0.3 is 4.90 Å². The molecule has 2 fully saturated rings. The summed E-state index contributed by atoms with van der Waals surface area (Å²) in [4.78, 5) is 6.81. The molecule has 1 saturated carbocycles. The van der Waals surface area contributed by atoms with E-state index < -0.39 is 0 Å². The van der Waals surface area contributed by atoms with Gasteiger partial charge in [-0.2, -0.15) is 5.10 Å². The van der Waals surface area contributed by atoms with Crippen LogP contribution in [0.1, 0.15) is 50.6 Å². The monoisotopic (exact) mass is 310 g/mol. The molecule has 122 valence electrons. The Labute approximate surface area is 138 Å². The Bertz CT molecular complexity index is 616. The molecule has 1 aromatic carbocycles. The first-order valence-electron chi connectivity index (χ1n) is 8.88. The Morgan fingerprint density at radius 3 is 2.52 bits per heavy atom. The molecule has 2 aromatic rings. The second-order valence-corrected chi connectivity index (χ2v) is 7.47. The van der Waals surface area contributed by atoms with Crippen LogP contribution < -0.4 is 0 Å². The van der Waals surface area contributed by atoms with Crippen molar-refractivity contribution in [1.29, 1.82) is 0 Å². The zero-order valence-corrected chi connectivity index (χ0v) is 13.9. The second-order valence-electron chi connectivity index (χ2n) is 7.47. The number of rotatable bonds is 3. The lowest BCUT2D eigenvalue weighted by molar-refractivity contribution is 0.129.